The van der Waals surface area contributed by atoms with Gasteiger partial charge in [0, 0.05) is 12.2 Å². The first-order valence-electron chi connectivity index (χ1n) is 8.03. The average Bonchev–Trinajstić information content (AvgIpc) is 2.61. The van der Waals surface area contributed by atoms with Gasteiger partial charge in [-0.1, -0.05) is 37.3 Å². The van der Waals surface area contributed by atoms with Gasteiger partial charge in [0.15, 0.2) is 0 Å². The smallest absolute Gasteiger partial charge is 0.248 e. The molecule has 2 aromatic carbocycles. The fraction of sp³-hybridized carbons (Fsp3) is 0.278. The molecule has 0 radical (unpaired) electrons. The van der Waals surface area contributed by atoms with Crippen molar-refractivity contribution in [3.8, 4) is 0 Å². The molecule has 25 heavy (non-hydrogen) atoms. The molecule has 0 saturated carbocycles. The molecular weight excluding hydrogens is 338 g/mol. The van der Waals surface area contributed by atoms with Gasteiger partial charge in [-0.25, -0.2) is 13.1 Å². The van der Waals surface area contributed by atoms with Crippen molar-refractivity contribution < 1.29 is 13.2 Å². The van der Waals surface area contributed by atoms with E-state index in [0.717, 1.165) is 0 Å². The Morgan fingerprint density at radius 3 is 2.24 bits per heavy atom. The maximum atomic E-state index is 12.5. The van der Waals surface area contributed by atoms with Crippen molar-refractivity contribution >= 4 is 21.6 Å². The maximum Gasteiger partial charge on any atom is 0.248 e. The minimum Gasteiger partial charge on any atom is -0.324 e. The van der Waals surface area contributed by atoms with E-state index >= 15 is 0 Å². The lowest BCUT2D eigenvalue weighted by atomic mass is 9.92. The number of carbonyl (C=O) groups excluding carboxylic acids is 1. The van der Waals surface area contributed by atoms with Crippen molar-refractivity contribution in [2.75, 3.05) is 11.9 Å². The van der Waals surface area contributed by atoms with Crippen molar-refractivity contribution in [3.63, 3.8) is 0 Å². The van der Waals surface area contributed by atoms with Crippen molar-refractivity contribution in [3.05, 3.63) is 60.2 Å². The average molecular weight is 361 g/mol. The summed E-state index contributed by atoms with van der Waals surface area (Å²) < 4.78 is 26.6. The summed E-state index contributed by atoms with van der Waals surface area (Å²) in [5.74, 6) is -0.376. The molecule has 2 aromatic rings. The zero-order valence-electron chi connectivity index (χ0n) is 14.3. The Labute approximate surface area is 148 Å². The highest BCUT2D eigenvalue weighted by Gasteiger charge is 2.30. The molecule has 0 fully saturated rings. The SMILES string of the molecule is CCCNS(=O)(=O)c1ccc(NC(=O)C(C)(N)c2ccccc2)cc1. The molecule has 0 spiro atoms. The van der Waals surface area contributed by atoms with Gasteiger partial charge in [0.1, 0.15) is 5.54 Å². The molecule has 6 nitrogen and oxygen atoms in total. The van der Waals surface area contributed by atoms with E-state index in [-0.39, 0.29) is 10.8 Å². The summed E-state index contributed by atoms with van der Waals surface area (Å²) in [6, 6.07) is 15.0. The first-order chi connectivity index (χ1) is 11.8. The van der Waals surface area contributed by atoms with Crippen LogP contribution in [0.1, 0.15) is 25.8 Å². The molecule has 0 aromatic heterocycles. The van der Waals surface area contributed by atoms with Gasteiger partial charge in [-0.3, -0.25) is 4.79 Å². The predicted octanol–water partition coefficient (Wildman–Crippen LogP) is 2.19. The Bertz CT molecular complexity index is 816. The maximum absolute atomic E-state index is 12.5. The molecule has 7 heteroatoms. The molecule has 0 aliphatic rings. The summed E-state index contributed by atoms with van der Waals surface area (Å²) in [4.78, 5) is 12.6. The van der Waals surface area contributed by atoms with Gasteiger partial charge < -0.3 is 11.1 Å². The van der Waals surface area contributed by atoms with E-state index in [0.29, 0.717) is 24.2 Å². The molecule has 0 aliphatic carbocycles. The third-order valence-corrected chi connectivity index (χ3v) is 5.29. The van der Waals surface area contributed by atoms with Gasteiger partial charge in [0.2, 0.25) is 15.9 Å². The number of nitrogens with two attached hydrogens (primary N) is 1. The molecule has 1 atom stereocenters. The number of hydrogen-bond donors (Lipinski definition) is 3. The van der Waals surface area contributed by atoms with Crippen LogP contribution in [-0.4, -0.2) is 20.9 Å². The minimum absolute atomic E-state index is 0.150. The topological polar surface area (TPSA) is 101 Å². The van der Waals surface area contributed by atoms with Crippen LogP contribution in [0.2, 0.25) is 0 Å². The Hall–Kier alpha value is -2.22. The summed E-state index contributed by atoms with van der Waals surface area (Å²) in [7, 11) is -3.53. The Morgan fingerprint density at radius 2 is 1.68 bits per heavy atom. The molecule has 1 unspecified atom stereocenters. The fourth-order valence-electron chi connectivity index (χ4n) is 2.21. The first kappa shape index (κ1) is 19.1. The van der Waals surface area contributed by atoms with Crippen LogP contribution < -0.4 is 15.8 Å². The summed E-state index contributed by atoms with van der Waals surface area (Å²) in [5.41, 5.74) is 6.13. The molecule has 1 amide bonds. The van der Waals surface area contributed by atoms with E-state index in [1.165, 1.54) is 12.1 Å². The Balaban J connectivity index is 2.12. The minimum atomic E-state index is -3.53. The van der Waals surface area contributed by atoms with Crippen LogP contribution in [0, 0.1) is 0 Å². The lowest BCUT2D eigenvalue weighted by molar-refractivity contribution is -0.120. The lowest BCUT2D eigenvalue weighted by Crippen LogP contribution is -2.45. The van der Waals surface area contributed by atoms with Crippen molar-refractivity contribution in [1.29, 1.82) is 0 Å². The molecule has 0 heterocycles. The van der Waals surface area contributed by atoms with Gasteiger partial charge in [-0.2, -0.15) is 0 Å². The zero-order chi connectivity index (χ0) is 18.5. The third kappa shape index (κ3) is 4.66. The van der Waals surface area contributed by atoms with Crippen LogP contribution >= 0.6 is 0 Å². The summed E-state index contributed by atoms with van der Waals surface area (Å²) in [5, 5.41) is 2.72. The van der Waals surface area contributed by atoms with Crippen LogP contribution in [0.15, 0.2) is 59.5 Å². The number of anilines is 1. The second-order valence-corrected chi connectivity index (χ2v) is 7.71. The molecule has 0 bridgehead atoms. The monoisotopic (exact) mass is 361 g/mol. The molecular formula is C18H23N3O3S. The second-order valence-electron chi connectivity index (χ2n) is 5.94. The predicted molar refractivity (Wildman–Crippen MR) is 98.5 cm³/mol. The Kier molecular flexibility index (Phi) is 5.94. The van der Waals surface area contributed by atoms with E-state index < -0.39 is 15.6 Å². The summed E-state index contributed by atoms with van der Waals surface area (Å²) >= 11 is 0. The van der Waals surface area contributed by atoms with Crippen LogP contribution in [0.25, 0.3) is 0 Å². The molecule has 0 aliphatic heterocycles. The molecule has 4 N–H and O–H groups in total. The van der Waals surface area contributed by atoms with Crippen molar-refractivity contribution in [2.24, 2.45) is 5.73 Å². The van der Waals surface area contributed by atoms with Gasteiger partial charge in [0.25, 0.3) is 0 Å². The quantitative estimate of drug-likeness (QED) is 0.703. The van der Waals surface area contributed by atoms with Crippen molar-refractivity contribution in [2.45, 2.75) is 30.7 Å². The highest BCUT2D eigenvalue weighted by molar-refractivity contribution is 7.89. The standard InChI is InChI=1S/C18H23N3O3S/c1-3-13-20-25(23,24)16-11-9-15(10-12-16)21-17(22)18(2,19)14-7-5-4-6-8-14/h4-12,20H,3,13,19H2,1-2H3,(H,21,22). The van der Waals surface area contributed by atoms with Gasteiger partial charge in [0.05, 0.1) is 4.90 Å². The first-order valence-corrected chi connectivity index (χ1v) is 9.51. The highest BCUT2D eigenvalue weighted by atomic mass is 32.2. The van der Waals surface area contributed by atoms with Gasteiger partial charge in [-0.05, 0) is 43.2 Å². The molecule has 2 rings (SSSR count). The number of amides is 1. The van der Waals surface area contributed by atoms with Crippen LogP contribution in [0.3, 0.4) is 0 Å². The number of sulfonamides is 1. The zero-order valence-corrected chi connectivity index (χ0v) is 15.1. The highest BCUT2D eigenvalue weighted by Crippen LogP contribution is 2.21. The number of hydrogen-bond acceptors (Lipinski definition) is 4. The van der Waals surface area contributed by atoms with Crippen LogP contribution in [0.5, 0.6) is 0 Å². The largest absolute Gasteiger partial charge is 0.324 e. The van der Waals surface area contributed by atoms with Crippen molar-refractivity contribution in [1.82, 2.24) is 4.72 Å². The number of benzene rings is 2. The molecule has 0 saturated heterocycles. The lowest BCUT2D eigenvalue weighted by Gasteiger charge is -2.24. The second kappa shape index (κ2) is 7.77. The van der Waals surface area contributed by atoms with Gasteiger partial charge >= 0.3 is 0 Å². The van der Waals surface area contributed by atoms with Gasteiger partial charge in [-0.15, -0.1) is 0 Å². The van der Waals surface area contributed by atoms with Crippen LogP contribution in [0.4, 0.5) is 5.69 Å². The third-order valence-electron chi connectivity index (χ3n) is 3.81. The Morgan fingerprint density at radius 1 is 1.08 bits per heavy atom. The fourth-order valence-corrected chi connectivity index (χ4v) is 3.35. The van der Waals surface area contributed by atoms with E-state index in [1.54, 1.807) is 31.2 Å². The number of carbonyl (C=O) groups is 1. The van der Waals surface area contributed by atoms with E-state index in [4.69, 9.17) is 5.73 Å². The number of rotatable bonds is 7. The van der Waals surface area contributed by atoms with E-state index in [2.05, 4.69) is 10.0 Å². The normalized spacial score (nSPS) is 13.9. The summed E-state index contributed by atoms with van der Waals surface area (Å²) in [6.07, 6.45) is 0.710. The molecule has 134 valence electrons. The van der Waals surface area contributed by atoms with E-state index in [9.17, 15) is 13.2 Å². The van der Waals surface area contributed by atoms with E-state index in [1.807, 2.05) is 25.1 Å². The summed E-state index contributed by atoms with van der Waals surface area (Å²) in [6.45, 7) is 3.90. The van der Waals surface area contributed by atoms with Crippen LogP contribution in [-0.2, 0) is 20.4 Å². The number of nitrogens with one attached hydrogen (secondary N) is 2.